The average molecular weight is 543 g/mol. The summed E-state index contributed by atoms with van der Waals surface area (Å²) in [6.07, 6.45) is 10.6. The van der Waals surface area contributed by atoms with Crippen LogP contribution in [-0.4, -0.2) is 73.0 Å². The number of nitrogens with zero attached hydrogens (tertiary/aromatic N) is 4. The lowest BCUT2D eigenvalue weighted by Gasteiger charge is -2.33. The fourth-order valence-electron chi connectivity index (χ4n) is 4.22. The van der Waals surface area contributed by atoms with Crippen LogP contribution in [0.25, 0.3) is 0 Å². The smallest absolute Gasteiger partial charge is 0.243 e. The van der Waals surface area contributed by atoms with Crippen LogP contribution in [0, 0.1) is 5.92 Å². The molecule has 31 heavy (non-hydrogen) atoms. The predicted octanol–water partition coefficient (Wildman–Crippen LogP) is 2.87. The van der Waals surface area contributed by atoms with Gasteiger partial charge < -0.3 is 15.5 Å². The molecule has 3 rings (SSSR count). The Morgan fingerprint density at radius 1 is 1.16 bits per heavy atom. The van der Waals surface area contributed by atoms with E-state index in [1.165, 1.54) is 32.1 Å². The summed E-state index contributed by atoms with van der Waals surface area (Å²) in [5, 5.41) is 7.13. The van der Waals surface area contributed by atoms with Crippen LogP contribution in [0.3, 0.4) is 0 Å². The zero-order chi connectivity index (χ0) is 21.2. The van der Waals surface area contributed by atoms with E-state index in [1.54, 1.807) is 19.0 Å². The lowest BCUT2D eigenvalue weighted by atomic mass is 9.89. The van der Waals surface area contributed by atoms with Crippen LogP contribution in [0.5, 0.6) is 0 Å². The summed E-state index contributed by atoms with van der Waals surface area (Å²) in [6, 6.07) is 6.48. The first-order chi connectivity index (χ1) is 14.6. The van der Waals surface area contributed by atoms with Gasteiger partial charge in [0.15, 0.2) is 5.96 Å². The largest absolute Gasteiger partial charge is 0.356 e. The Balaban J connectivity index is 0.00000341. The van der Waals surface area contributed by atoms with Crippen molar-refractivity contribution in [1.29, 1.82) is 0 Å². The molecule has 2 heterocycles. The highest BCUT2D eigenvalue weighted by Gasteiger charge is 2.21. The molecule has 1 aliphatic carbocycles. The lowest BCUT2D eigenvalue weighted by molar-refractivity contribution is -0.127. The number of piperidine rings is 1. The summed E-state index contributed by atoms with van der Waals surface area (Å²) < 4.78 is 0. The maximum atomic E-state index is 12.0. The second-order valence-corrected chi connectivity index (χ2v) is 8.85. The Bertz CT molecular complexity index is 670. The number of hydrogen-bond donors (Lipinski definition) is 2. The van der Waals surface area contributed by atoms with Crippen molar-refractivity contribution in [2.24, 2.45) is 10.9 Å². The van der Waals surface area contributed by atoms with Crippen LogP contribution < -0.4 is 10.6 Å². The molecule has 1 aromatic heterocycles. The molecule has 7 nitrogen and oxygen atoms in total. The van der Waals surface area contributed by atoms with E-state index in [2.05, 4.69) is 31.6 Å². The Morgan fingerprint density at radius 2 is 1.90 bits per heavy atom. The van der Waals surface area contributed by atoms with Crippen LogP contribution in [-0.2, 0) is 11.3 Å². The van der Waals surface area contributed by atoms with E-state index in [9.17, 15) is 4.79 Å². The molecule has 174 valence electrons. The summed E-state index contributed by atoms with van der Waals surface area (Å²) in [5.74, 6) is 1.54. The minimum Gasteiger partial charge on any atom is -0.356 e. The van der Waals surface area contributed by atoms with Crippen molar-refractivity contribution in [3.63, 3.8) is 0 Å². The number of aliphatic imine (C=N–C) groups is 1. The minimum atomic E-state index is 0. The van der Waals surface area contributed by atoms with Gasteiger partial charge in [0.25, 0.3) is 0 Å². The number of nitrogens with one attached hydrogen (secondary N) is 2. The van der Waals surface area contributed by atoms with E-state index in [0.717, 1.165) is 56.6 Å². The molecule has 1 aliphatic heterocycles. The van der Waals surface area contributed by atoms with E-state index in [1.807, 2.05) is 18.3 Å². The number of carbonyl (C=O) groups excluding carboxylic acids is 1. The second-order valence-electron chi connectivity index (χ2n) is 8.85. The molecule has 0 spiro atoms. The van der Waals surface area contributed by atoms with Gasteiger partial charge in [0.05, 0.1) is 5.69 Å². The second kappa shape index (κ2) is 13.9. The molecule has 1 saturated carbocycles. The van der Waals surface area contributed by atoms with Gasteiger partial charge in [0.1, 0.15) is 6.54 Å². The first-order valence-corrected chi connectivity index (χ1v) is 11.5. The van der Waals surface area contributed by atoms with Crippen molar-refractivity contribution in [2.45, 2.75) is 57.5 Å². The third-order valence-corrected chi connectivity index (χ3v) is 6.19. The van der Waals surface area contributed by atoms with E-state index < -0.39 is 0 Å². The van der Waals surface area contributed by atoms with Crippen molar-refractivity contribution in [3.8, 4) is 0 Å². The summed E-state index contributed by atoms with van der Waals surface area (Å²) in [6.45, 7) is 4.12. The van der Waals surface area contributed by atoms with Crippen molar-refractivity contribution in [2.75, 3.05) is 40.3 Å². The van der Waals surface area contributed by atoms with Crippen LogP contribution in [0.1, 0.15) is 50.6 Å². The van der Waals surface area contributed by atoms with Gasteiger partial charge in [-0.1, -0.05) is 25.3 Å². The highest BCUT2D eigenvalue weighted by molar-refractivity contribution is 14.0. The molecule has 2 N–H and O–H groups in total. The topological polar surface area (TPSA) is 72.9 Å². The fourth-order valence-corrected chi connectivity index (χ4v) is 4.22. The molecule has 0 aromatic carbocycles. The monoisotopic (exact) mass is 542 g/mol. The zero-order valence-corrected chi connectivity index (χ0v) is 21.4. The predicted molar refractivity (Wildman–Crippen MR) is 137 cm³/mol. The number of aromatic nitrogens is 1. The number of halogens is 1. The Kier molecular flexibility index (Phi) is 11.6. The Morgan fingerprint density at radius 3 is 2.55 bits per heavy atom. The third kappa shape index (κ3) is 9.31. The molecule has 0 bridgehead atoms. The summed E-state index contributed by atoms with van der Waals surface area (Å²) in [7, 11) is 3.55. The molecule has 0 unspecified atom stereocenters. The molecule has 0 radical (unpaired) electrons. The summed E-state index contributed by atoms with van der Waals surface area (Å²) in [5.41, 5.74) is 1.13. The number of pyridine rings is 1. The van der Waals surface area contributed by atoms with Gasteiger partial charge in [-0.2, -0.15) is 0 Å². The van der Waals surface area contributed by atoms with Gasteiger partial charge in [0, 0.05) is 52.5 Å². The molecule has 1 aromatic rings. The van der Waals surface area contributed by atoms with Crippen LogP contribution in [0.15, 0.2) is 29.4 Å². The van der Waals surface area contributed by atoms with Crippen molar-refractivity contribution >= 4 is 35.8 Å². The van der Waals surface area contributed by atoms with E-state index in [-0.39, 0.29) is 36.4 Å². The first kappa shape index (κ1) is 25.8. The summed E-state index contributed by atoms with van der Waals surface area (Å²) in [4.78, 5) is 25.1. The van der Waals surface area contributed by atoms with Crippen molar-refractivity contribution in [3.05, 3.63) is 30.1 Å². The van der Waals surface area contributed by atoms with Gasteiger partial charge in [-0.15, -0.1) is 24.0 Å². The van der Waals surface area contributed by atoms with Crippen LogP contribution >= 0.6 is 24.0 Å². The molecule has 2 aliphatic rings. The molecule has 8 heteroatoms. The number of likely N-dealkylation sites (N-methyl/N-ethyl adjacent to an activating group) is 1. The van der Waals surface area contributed by atoms with E-state index in [0.29, 0.717) is 6.04 Å². The van der Waals surface area contributed by atoms with Gasteiger partial charge in [0.2, 0.25) is 5.91 Å². The maximum Gasteiger partial charge on any atom is 0.243 e. The average Bonchev–Trinajstić information content (AvgIpc) is 2.78. The van der Waals surface area contributed by atoms with Crippen molar-refractivity contribution in [1.82, 2.24) is 25.4 Å². The molecule has 0 atom stereocenters. The Hall–Kier alpha value is -1.42. The van der Waals surface area contributed by atoms with Gasteiger partial charge in [-0.05, 0) is 43.7 Å². The highest BCUT2D eigenvalue weighted by Crippen LogP contribution is 2.22. The quantitative estimate of drug-likeness (QED) is 0.315. The third-order valence-electron chi connectivity index (χ3n) is 6.19. The number of amides is 1. The number of rotatable bonds is 7. The van der Waals surface area contributed by atoms with Crippen LogP contribution in [0.4, 0.5) is 0 Å². The molecular weight excluding hydrogens is 503 g/mol. The van der Waals surface area contributed by atoms with E-state index in [4.69, 9.17) is 0 Å². The molecule has 1 amide bonds. The zero-order valence-electron chi connectivity index (χ0n) is 19.1. The molecular formula is C23H39IN6O. The van der Waals surface area contributed by atoms with Gasteiger partial charge >= 0.3 is 0 Å². The number of likely N-dealkylation sites (tertiary alicyclic amines) is 1. The number of guanidine groups is 1. The molecule has 2 fully saturated rings. The molecule has 1 saturated heterocycles. The summed E-state index contributed by atoms with van der Waals surface area (Å²) >= 11 is 0. The van der Waals surface area contributed by atoms with Gasteiger partial charge in [-0.3, -0.25) is 14.7 Å². The SMILES string of the molecule is CN(C)C(=O)CN=C(NCC1CCCCC1)NC1CCN(Cc2ccccn2)CC1.I. The number of carbonyl (C=O) groups is 1. The normalized spacial score (nSPS) is 18.8. The fraction of sp³-hybridized carbons (Fsp3) is 0.696. The van der Waals surface area contributed by atoms with Crippen molar-refractivity contribution < 1.29 is 4.79 Å². The highest BCUT2D eigenvalue weighted by atomic mass is 127. The standard InChI is InChI=1S/C23H38N6O.HI/c1-28(2)22(30)17-26-23(25-16-19-8-4-3-5-9-19)27-20-11-14-29(15-12-20)18-21-10-6-7-13-24-21;/h6-7,10,13,19-20H,3-5,8-9,11-12,14-18H2,1-2H3,(H2,25,26,27);1H. The number of hydrogen-bond acceptors (Lipinski definition) is 4. The maximum absolute atomic E-state index is 12.0. The van der Waals surface area contributed by atoms with Crippen LogP contribution in [0.2, 0.25) is 0 Å². The lowest BCUT2D eigenvalue weighted by Crippen LogP contribution is -2.49. The minimum absolute atomic E-state index is 0. The Labute approximate surface area is 204 Å². The van der Waals surface area contributed by atoms with Gasteiger partial charge in [-0.25, -0.2) is 4.99 Å². The first-order valence-electron chi connectivity index (χ1n) is 11.5. The van der Waals surface area contributed by atoms with E-state index >= 15 is 0 Å².